The molecule has 0 saturated carbocycles. The summed E-state index contributed by atoms with van der Waals surface area (Å²) in [5.74, 6) is 0.445. The lowest BCUT2D eigenvalue weighted by Gasteiger charge is -2.10. The number of aromatic amines is 1. The monoisotopic (exact) mass is 280 g/mol. The lowest BCUT2D eigenvalue weighted by atomic mass is 10.1. The van der Waals surface area contributed by atoms with Gasteiger partial charge in [-0.2, -0.15) is 4.98 Å². The molecule has 1 aromatic carbocycles. The normalized spacial score (nSPS) is 12.2. The standard InChI is InChI=1S/C12H13ClN4O2/c1-7-14-12(17-16-7)15-11(19)6-10(18)8-2-4-9(13)5-3-8/h2-5,10,18H,6H2,1H3,(H2,14,15,16,17,19). The average molecular weight is 281 g/mol. The van der Waals surface area contributed by atoms with E-state index in [0.29, 0.717) is 16.4 Å². The van der Waals surface area contributed by atoms with Crippen LogP contribution in [0.5, 0.6) is 0 Å². The molecule has 1 unspecified atom stereocenters. The summed E-state index contributed by atoms with van der Waals surface area (Å²) in [5.41, 5.74) is 0.630. The van der Waals surface area contributed by atoms with Crippen LogP contribution in [0.25, 0.3) is 0 Å². The molecule has 100 valence electrons. The maximum atomic E-state index is 11.7. The van der Waals surface area contributed by atoms with Crippen molar-refractivity contribution in [3.05, 3.63) is 40.7 Å². The molecule has 1 aromatic heterocycles. The van der Waals surface area contributed by atoms with Gasteiger partial charge in [-0.15, -0.1) is 5.10 Å². The second-order valence-electron chi connectivity index (χ2n) is 4.06. The highest BCUT2D eigenvalue weighted by molar-refractivity contribution is 6.30. The van der Waals surface area contributed by atoms with E-state index in [0.717, 1.165) is 0 Å². The number of benzene rings is 1. The Hall–Kier alpha value is -1.92. The third-order valence-electron chi connectivity index (χ3n) is 2.48. The topological polar surface area (TPSA) is 90.9 Å². The molecule has 0 saturated heterocycles. The molecule has 0 aliphatic heterocycles. The molecule has 1 heterocycles. The summed E-state index contributed by atoms with van der Waals surface area (Å²) in [6, 6.07) is 6.68. The van der Waals surface area contributed by atoms with Crippen LogP contribution in [-0.4, -0.2) is 26.2 Å². The van der Waals surface area contributed by atoms with Crippen LogP contribution in [0, 0.1) is 6.92 Å². The van der Waals surface area contributed by atoms with Gasteiger partial charge >= 0.3 is 0 Å². The fraction of sp³-hybridized carbons (Fsp3) is 0.250. The lowest BCUT2D eigenvalue weighted by molar-refractivity contribution is -0.118. The van der Waals surface area contributed by atoms with E-state index in [9.17, 15) is 9.90 Å². The average Bonchev–Trinajstić information content (AvgIpc) is 2.75. The highest BCUT2D eigenvalue weighted by Crippen LogP contribution is 2.19. The fourth-order valence-corrected chi connectivity index (χ4v) is 1.68. The number of amides is 1. The maximum absolute atomic E-state index is 11.7. The molecule has 0 aliphatic carbocycles. The van der Waals surface area contributed by atoms with Gasteiger partial charge in [-0.1, -0.05) is 23.7 Å². The summed E-state index contributed by atoms with van der Waals surface area (Å²) >= 11 is 5.75. The van der Waals surface area contributed by atoms with Crippen molar-refractivity contribution in [2.45, 2.75) is 19.4 Å². The van der Waals surface area contributed by atoms with Crippen molar-refractivity contribution in [1.82, 2.24) is 15.2 Å². The Kier molecular flexibility index (Phi) is 4.13. The molecular weight excluding hydrogens is 268 g/mol. The largest absolute Gasteiger partial charge is 0.388 e. The number of carbonyl (C=O) groups is 1. The molecule has 1 atom stereocenters. The SMILES string of the molecule is Cc1nc(NC(=O)CC(O)c2ccc(Cl)cc2)n[nH]1. The van der Waals surface area contributed by atoms with E-state index < -0.39 is 6.10 Å². The zero-order valence-electron chi connectivity index (χ0n) is 10.2. The second-order valence-corrected chi connectivity index (χ2v) is 4.50. The van der Waals surface area contributed by atoms with Crippen LogP contribution >= 0.6 is 11.6 Å². The minimum Gasteiger partial charge on any atom is -0.388 e. The molecule has 0 fully saturated rings. The Morgan fingerprint density at radius 2 is 2.16 bits per heavy atom. The van der Waals surface area contributed by atoms with Gasteiger partial charge in [0.2, 0.25) is 11.9 Å². The molecule has 0 bridgehead atoms. The van der Waals surface area contributed by atoms with E-state index >= 15 is 0 Å². The van der Waals surface area contributed by atoms with Crippen molar-refractivity contribution in [2.24, 2.45) is 0 Å². The summed E-state index contributed by atoms with van der Waals surface area (Å²) in [7, 11) is 0. The van der Waals surface area contributed by atoms with Crippen molar-refractivity contribution in [1.29, 1.82) is 0 Å². The number of anilines is 1. The molecule has 1 amide bonds. The van der Waals surface area contributed by atoms with Gasteiger partial charge in [0, 0.05) is 5.02 Å². The van der Waals surface area contributed by atoms with Gasteiger partial charge in [0.25, 0.3) is 0 Å². The number of aryl methyl sites for hydroxylation is 1. The summed E-state index contributed by atoms with van der Waals surface area (Å²) in [4.78, 5) is 15.6. The van der Waals surface area contributed by atoms with Crippen LogP contribution in [-0.2, 0) is 4.79 Å². The van der Waals surface area contributed by atoms with E-state index in [-0.39, 0.29) is 18.3 Å². The van der Waals surface area contributed by atoms with Gasteiger partial charge in [-0.3, -0.25) is 15.2 Å². The van der Waals surface area contributed by atoms with Crippen LogP contribution in [0.3, 0.4) is 0 Å². The zero-order chi connectivity index (χ0) is 13.8. The third-order valence-corrected chi connectivity index (χ3v) is 2.73. The van der Waals surface area contributed by atoms with E-state index in [4.69, 9.17) is 11.6 Å². The van der Waals surface area contributed by atoms with Crippen molar-refractivity contribution in [3.63, 3.8) is 0 Å². The van der Waals surface area contributed by atoms with Crippen molar-refractivity contribution >= 4 is 23.5 Å². The van der Waals surface area contributed by atoms with Gasteiger partial charge in [-0.05, 0) is 24.6 Å². The highest BCUT2D eigenvalue weighted by Gasteiger charge is 2.14. The maximum Gasteiger partial charge on any atom is 0.248 e. The molecule has 2 aromatic rings. The summed E-state index contributed by atoms with van der Waals surface area (Å²) in [5, 5.41) is 19.4. The van der Waals surface area contributed by atoms with Crippen molar-refractivity contribution < 1.29 is 9.90 Å². The Bertz CT molecular complexity index is 567. The van der Waals surface area contributed by atoms with Gasteiger partial charge in [0.15, 0.2) is 0 Å². The van der Waals surface area contributed by atoms with Gasteiger partial charge in [0.05, 0.1) is 12.5 Å². The number of aliphatic hydroxyl groups excluding tert-OH is 1. The number of H-pyrrole nitrogens is 1. The summed E-state index contributed by atoms with van der Waals surface area (Å²) in [6.07, 6.45) is -0.966. The minimum atomic E-state index is -0.891. The molecule has 6 nitrogen and oxygen atoms in total. The number of rotatable bonds is 4. The minimum absolute atomic E-state index is 0.0742. The molecule has 7 heteroatoms. The van der Waals surface area contributed by atoms with Crippen LogP contribution in [0.2, 0.25) is 5.02 Å². The van der Waals surface area contributed by atoms with Gasteiger partial charge in [0.1, 0.15) is 5.82 Å². The Morgan fingerprint density at radius 3 is 2.74 bits per heavy atom. The van der Waals surface area contributed by atoms with Crippen molar-refractivity contribution in [2.75, 3.05) is 5.32 Å². The summed E-state index contributed by atoms with van der Waals surface area (Å²) in [6.45, 7) is 1.73. The zero-order valence-corrected chi connectivity index (χ0v) is 11.0. The van der Waals surface area contributed by atoms with E-state index in [1.165, 1.54) is 0 Å². The molecule has 3 N–H and O–H groups in total. The first-order valence-corrected chi connectivity index (χ1v) is 6.05. The third kappa shape index (κ3) is 3.77. The molecule has 0 spiro atoms. The number of aromatic nitrogens is 3. The predicted molar refractivity (Wildman–Crippen MR) is 70.8 cm³/mol. The first-order valence-electron chi connectivity index (χ1n) is 5.67. The second kappa shape index (κ2) is 5.81. The Morgan fingerprint density at radius 1 is 1.47 bits per heavy atom. The quantitative estimate of drug-likeness (QED) is 0.797. The molecule has 2 rings (SSSR count). The van der Waals surface area contributed by atoms with Crippen LogP contribution in [0.4, 0.5) is 5.95 Å². The smallest absolute Gasteiger partial charge is 0.248 e. The number of nitrogens with one attached hydrogen (secondary N) is 2. The first kappa shape index (κ1) is 13.5. The Balaban J connectivity index is 1.93. The van der Waals surface area contributed by atoms with E-state index in [1.807, 2.05) is 0 Å². The van der Waals surface area contributed by atoms with Gasteiger partial charge in [-0.25, -0.2) is 0 Å². The highest BCUT2D eigenvalue weighted by atomic mass is 35.5. The summed E-state index contributed by atoms with van der Waals surface area (Å²) < 4.78 is 0. The van der Waals surface area contributed by atoms with Crippen molar-refractivity contribution in [3.8, 4) is 0 Å². The number of carbonyl (C=O) groups excluding carboxylic acids is 1. The van der Waals surface area contributed by atoms with E-state index in [2.05, 4.69) is 20.5 Å². The van der Waals surface area contributed by atoms with Crippen LogP contribution in [0.15, 0.2) is 24.3 Å². The molecule has 19 heavy (non-hydrogen) atoms. The molecule has 0 aliphatic rings. The molecular formula is C12H13ClN4O2. The number of halogens is 1. The van der Waals surface area contributed by atoms with Gasteiger partial charge < -0.3 is 5.11 Å². The van der Waals surface area contributed by atoms with E-state index in [1.54, 1.807) is 31.2 Å². The first-order chi connectivity index (χ1) is 9.04. The number of hydrogen-bond donors (Lipinski definition) is 3. The predicted octanol–water partition coefficient (Wildman–Crippen LogP) is 1.83. The van der Waals surface area contributed by atoms with Crippen LogP contribution in [0.1, 0.15) is 23.9 Å². The van der Waals surface area contributed by atoms with Crippen LogP contribution < -0.4 is 5.32 Å². The number of nitrogens with zero attached hydrogens (tertiary/aromatic N) is 2. The number of hydrogen-bond acceptors (Lipinski definition) is 4. The number of aliphatic hydroxyl groups is 1. The molecule has 0 radical (unpaired) electrons. The fourth-order valence-electron chi connectivity index (χ4n) is 1.55. The lowest BCUT2D eigenvalue weighted by Crippen LogP contribution is -2.16. The Labute approximate surface area is 114 Å².